The van der Waals surface area contributed by atoms with E-state index < -0.39 is 44.6 Å². The molecule has 102 valence electrons. The Morgan fingerprint density at radius 3 is 2.06 bits per heavy atom. The largest absolute Gasteiger partial charge is 0.469 e. The van der Waals surface area contributed by atoms with Gasteiger partial charge in [0.05, 0.1) is 6.61 Å². The number of hydrogen-bond donors (Lipinski definition) is 6. The van der Waals surface area contributed by atoms with Crippen LogP contribution >= 0.6 is 7.82 Å². The molecule has 0 rings (SSSR count). The highest BCUT2D eigenvalue weighted by atomic mass is 31.2. The van der Waals surface area contributed by atoms with Gasteiger partial charge in [0.1, 0.15) is 24.4 Å². The van der Waals surface area contributed by atoms with Crippen molar-refractivity contribution in [3.8, 4) is 0 Å². The summed E-state index contributed by atoms with van der Waals surface area (Å²) in [5, 5.41) is 36.4. The summed E-state index contributed by atoms with van der Waals surface area (Å²) in [6, 6.07) is 0. The van der Waals surface area contributed by atoms with Crippen LogP contribution in [0, 0.1) is 0 Å². The minimum Gasteiger partial charge on any atom is -0.388 e. The molecule has 0 amide bonds. The average molecular weight is 274 g/mol. The van der Waals surface area contributed by atoms with Gasteiger partial charge in [0.2, 0.25) is 0 Å². The van der Waals surface area contributed by atoms with E-state index in [1.54, 1.807) is 0 Å². The maximum Gasteiger partial charge on any atom is 0.469 e. The van der Waals surface area contributed by atoms with E-state index in [1.165, 1.54) is 0 Å². The highest BCUT2D eigenvalue weighted by Crippen LogP contribution is 2.35. The molecule has 0 aromatic carbocycles. The van der Waals surface area contributed by atoms with Gasteiger partial charge >= 0.3 is 7.82 Å². The molecule has 0 saturated carbocycles. The predicted octanol–water partition coefficient (Wildman–Crippen LogP) is -2.87. The molecule has 1 unspecified atom stereocenters. The molecule has 17 heavy (non-hydrogen) atoms. The zero-order chi connectivity index (χ0) is 13.8. The maximum absolute atomic E-state index is 11.0. The summed E-state index contributed by atoms with van der Waals surface area (Å²) < 4.78 is 14.2. The Morgan fingerprint density at radius 2 is 1.71 bits per heavy atom. The fourth-order valence-electron chi connectivity index (χ4n) is 0.898. The van der Waals surface area contributed by atoms with E-state index in [4.69, 9.17) is 20.0 Å². The minimum absolute atomic E-state index is 0.977. The van der Waals surface area contributed by atoms with E-state index in [-0.39, 0.29) is 0 Å². The van der Waals surface area contributed by atoms with Gasteiger partial charge < -0.3 is 30.2 Å². The minimum atomic E-state index is -4.82. The molecular formula is C7H15O9P. The van der Waals surface area contributed by atoms with Gasteiger partial charge in [-0.05, 0) is 6.92 Å². The number of aliphatic hydroxyl groups excluding tert-OH is 4. The molecule has 0 aliphatic carbocycles. The summed E-state index contributed by atoms with van der Waals surface area (Å²) >= 11 is 0. The predicted molar refractivity (Wildman–Crippen MR) is 52.7 cm³/mol. The zero-order valence-electron chi connectivity index (χ0n) is 8.87. The van der Waals surface area contributed by atoms with Crippen LogP contribution in [0.1, 0.15) is 6.92 Å². The number of aliphatic hydroxyl groups is 4. The number of carbonyl (C=O) groups excluding carboxylic acids is 1. The number of carbonyl (C=O) groups is 1. The van der Waals surface area contributed by atoms with Crippen molar-refractivity contribution in [3.05, 3.63) is 0 Å². The molecule has 0 aromatic rings. The third kappa shape index (κ3) is 6.20. The lowest BCUT2D eigenvalue weighted by atomic mass is 10.0. The summed E-state index contributed by atoms with van der Waals surface area (Å²) in [4.78, 5) is 27.6. The Morgan fingerprint density at radius 1 is 1.24 bits per heavy atom. The third-order valence-corrected chi connectivity index (χ3v) is 2.32. The maximum atomic E-state index is 11.0. The number of hydrogen-bond acceptors (Lipinski definition) is 7. The Labute approximate surface area is 96.5 Å². The molecule has 0 aliphatic heterocycles. The summed E-state index contributed by atoms with van der Waals surface area (Å²) in [5.41, 5.74) is 0. The van der Waals surface area contributed by atoms with Crippen LogP contribution in [-0.4, -0.2) is 67.0 Å². The van der Waals surface area contributed by atoms with Crippen molar-refractivity contribution < 1.29 is 44.1 Å². The zero-order valence-corrected chi connectivity index (χ0v) is 9.77. The summed E-state index contributed by atoms with van der Waals surface area (Å²) in [6.45, 7) is 0.0758. The lowest BCUT2D eigenvalue weighted by Crippen LogP contribution is -2.46. The molecule has 0 bridgehead atoms. The Hall–Kier alpha value is -0.380. The van der Waals surface area contributed by atoms with Crippen LogP contribution in [0.5, 0.6) is 0 Å². The normalized spacial score (nSPS) is 19.5. The third-order valence-electron chi connectivity index (χ3n) is 1.83. The van der Waals surface area contributed by atoms with Gasteiger partial charge in [-0.25, -0.2) is 4.57 Å². The number of rotatable bonds is 7. The second-order valence-electron chi connectivity index (χ2n) is 3.37. The van der Waals surface area contributed by atoms with Gasteiger partial charge in [-0.15, -0.1) is 0 Å². The van der Waals surface area contributed by atoms with Crippen molar-refractivity contribution in [1.29, 1.82) is 0 Å². The summed E-state index contributed by atoms with van der Waals surface area (Å²) in [6.07, 6.45) is -7.54. The van der Waals surface area contributed by atoms with Crippen molar-refractivity contribution in [2.75, 3.05) is 6.61 Å². The van der Waals surface area contributed by atoms with E-state index in [9.17, 15) is 19.6 Å². The summed E-state index contributed by atoms with van der Waals surface area (Å²) in [5.74, 6) is -1.13. The number of phosphoric ester groups is 1. The first-order valence-electron chi connectivity index (χ1n) is 4.52. The number of Topliss-reactive ketones (excluding diaryl/α,β-unsaturated/α-hetero) is 1. The van der Waals surface area contributed by atoms with E-state index in [1.807, 2.05) is 0 Å². The van der Waals surface area contributed by atoms with Crippen LogP contribution in [-0.2, 0) is 13.9 Å². The standard InChI is InChI=1S/C7H15O9P/c1-3(8)5(10)7(12)6(11)4(9)2-16-17(13,14)15/h3-4,6-9,11-12H,2H2,1H3,(H2,13,14,15)/t3?,4-,6-,7-/m1/s1. The lowest BCUT2D eigenvalue weighted by molar-refractivity contribution is -0.147. The van der Waals surface area contributed by atoms with Gasteiger partial charge in [0, 0.05) is 0 Å². The molecule has 0 fully saturated rings. The SMILES string of the molecule is CC(O)C(=O)[C@@H](O)[C@H](O)[C@H](O)COP(=O)(O)O. The average Bonchev–Trinajstić information content (AvgIpc) is 2.21. The van der Waals surface area contributed by atoms with Gasteiger partial charge in [-0.3, -0.25) is 9.32 Å². The van der Waals surface area contributed by atoms with Crippen LogP contribution in [0.2, 0.25) is 0 Å². The monoisotopic (exact) mass is 274 g/mol. The van der Waals surface area contributed by atoms with Gasteiger partial charge in [0.25, 0.3) is 0 Å². The molecule has 0 radical (unpaired) electrons. The van der Waals surface area contributed by atoms with Gasteiger partial charge in [0.15, 0.2) is 5.78 Å². The van der Waals surface area contributed by atoms with Crippen molar-refractivity contribution in [2.24, 2.45) is 0 Å². The first-order chi connectivity index (χ1) is 7.56. The molecule has 0 spiro atoms. The second-order valence-corrected chi connectivity index (χ2v) is 4.61. The summed E-state index contributed by atoms with van der Waals surface area (Å²) in [7, 11) is -4.82. The van der Waals surface area contributed by atoms with Crippen LogP contribution in [0.25, 0.3) is 0 Å². The van der Waals surface area contributed by atoms with Crippen molar-refractivity contribution in [2.45, 2.75) is 31.3 Å². The van der Waals surface area contributed by atoms with Gasteiger partial charge in [-0.1, -0.05) is 0 Å². The van der Waals surface area contributed by atoms with E-state index >= 15 is 0 Å². The number of phosphoric acid groups is 1. The van der Waals surface area contributed by atoms with E-state index in [0.29, 0.717) is 0 Å². The molecule has 10 heteroatoms. The smallest absolute Gasteiger partial charge is 0.388 e. The fourth-order valence-corrected chi connectivity index (χ4v) is 1.24. The number of ketones is 1. The van der Waals surface area contributed by atoms with Crippen LogP contribution < -0.4 is 0 Å². The van der Waals surface area contributed by atoms with E-state index in [0.717, 1.165) is 6.92 Å². The van der Waals surface area contributed by atoms with Crippen molar-refractivity contribution in [3.63, 3.8) is 0 Å². The first-order valence-corrected chi connectivity index (χ1v) is 6.05. The Kier molecular flexibility index (Phi) is 6.38. The molecular weight excluding hydrogens is 259 g/mol. The Balaban J connectivity index is 4.35. The molecule has 9 nitrogen and oxygen atoms in total. The van der Waals surface area contributed by atoms with Crippen LogP contribution in [0.3, 0.4) is 0 Å². The highest BCUT2D eigenvalue weighted by Gasteiger charge is 2.33. The second kappa shape index (κ2) is 6.53. The fraction of sp³-hybridized carbons (Fsp3) is 0.857. The molecule has 6 N–H and O–H groups in total. The molecule has 0 heterocycles. The first kappa shape index (κ1) is 16.6. The van der Waals surface area contributed by atoms with E-state index in [2.05, 4.69) is 4.52 Å². The quantitative estimate of drug-likeness (QED) is 0.267. The van der Waals surface area contributed by atoms with Crippen molar-refractivity contribution in [1.82, 2.24) is 0 Å². The topological polar surface area (TPSA) is 165 Å². The van der Waals surface area contributed by atoms with Crippen molar-refractivity contribution >= 4 is 13.6 Å². The molecule has 4 atom stereocenters. The van der Waals surface area contributed by atoms with Crippen LogP contribution in [0.15, 0.2) is 0 Å². The molecule has 0 aromatic heterocycles. The van der Waals surface area contributed by atoms with Crippen LogP contribution in [0.4, 0.5) is 0 Å². The lowest BCUT2D eigenvalue weighted by Gasteiger charge is -2.22. The molecule has 0 aliphatic rings. The highest BCUT2D eigenvalue weighted by molar-refractivity contribution is 7.46. The molecule has 0 saturated heterocycles. The Bertz CT molecular complexity index is 298. The van der Waals surface area contributed by atoms with Gasteiger partial charge in [-0.2, -0.15) is 0 Å².